The highest BCUT2D eigenvalue weighted by Crippen LogP contribution is 2.34. The Bertz CT molecular complexity index is 482. The minimum atomic E-state index is -0.351. The van der Waals surface area contributed by atoms with Gasteiger partial charge in [0.25, 0.3) is 0 Å². The second-order valence-corrected chi connectivity index (χ2v) is 6.45. The first kappa shape index (κ1) is 16.2. The standard InChI is InChI=1S/C15H25N3O2S/c1-3-10-21-14-12(15(19)20-4-2)13(16)18(17-14)11-8-6-5-7-9-11/h11H,3-10,16H2,1-2H3. The summed E-state index contributed by atoms with van der Waals surface area (Å²) in [4.78, 5) is 12.2. The molecule has 0 amide bonds. The number of hydrogen-bond acceptors (Lipinski definition) is 5. The van der Waals surface area contributed by atoms with Gasteiger partial charge in [-0.25, -0.2) is 9.48 Å². The van der Waals surface area contributed by atoms with Crippen LogP contribution in [0.5, 0.6) is 0 Å². The molecule has 0 bridgehead atoms. The molecule has 1 saturated carbocycles. The molecular weight excluding hydrogens is 286 g/mol. The van der Waals surface area contributed by atoms with Crippen molar-refractivity contribution < 1.29 is 9.53 Å². The van der Waals surface area contributed by atoms with Gasteiger partial charge < -0.3 is 10.5 Å². The van der Waals surface area contributed by atoms with Gasteiger partial charge in [-0.2, -0.15) is 5.10 Å². The van der Waals surface area contributed by atoms with E-state index < -0.39 is 0 Å². The monoisotopic (exact) mass is 311 g/mol. The predicted octanol–water partition coefficient (Wildman–Crippen LogP) is 3.65. The van der Waals surface area contributed by atoms with Gasteiger partial charge in [0.1, 0.15) is 16.4 Å². The smallest absolute Gasteiger partial charge is 0.344 e. The molecule has 1 fully saturated rings. The summed E-state index contributed by atoms with van der Waals surface area (Å²) in [6.07, 6.45) is 6.90. The van der Waals surface area contributed by atoms with Crippen LogP contribution >= 0.6 is 11.8 Å². The first-order valence-electron chi connectivity index (χ1n) is 7.86. The number of nitrogen functional groups attached to an aromatic ring is 1. The number of carbonyl (C=O) groups excluding carboxylic acids is 1. The van der Waals surface area contributed by atoms with Crippen LogP contribution in [-0.4, -0.2) is 28.1 Å². The van der Waals surface area contributed by atoms with Crippen molar-refractivity contribution in [3.8, 4) is 0 Å². The van der Waals surface area contributed by atoms with E-state index in [9.17, 15) is 4.79 Å². The van der Waals surface area contributed by atoms with Crippen LogP contribution in [0.4, 0.5) is 5.82 Å². The van der Waals surface area contributed by atoms with Gasteiger partial charge in [-0.15, -0.1) is 11.8 Å². The lowest BCUT2D eigenvalue weighted by molar-refractivity contribution is 0.0523. The molecule has 0 unspecified atom stereocenters. The van der Waals surface area contributed by atoms with Crippen molar-refractivity contribution in [2.24, 2.45) is 0 Å². The lowest BCUT2D eigenvalue weighted by Gasteiger charge is -2.22. The molecule has 0 aliphatic heterocycles. The third-order valence-corrected chi connectivity index (χ3v) is 4.93. The number of rotatable bonds is 6. The van der Waals surface area contributed by atoms with E-state index in [-0.39, 0.29) is 5.97 Å². The van der Waals surface area contributed by atoms with E-state index in [0.29, 0.717) is 24.0 Å². The predicted molar refractivity (Wildman–Crippen MR) is 85.7 cm³/mol. The van der Waals surface area contributed by atoms with E-state index in [4.69, 9.17) is 10.5 Å². The Morgan fingerprint density at radius 3 is 2.71 bits per heavy atom. The van der Waals surface area contributed by atoms with E-state index in [0.717, 1.165) is 30.0 Å². The fourth-order valence-electron chi connectivity index (χ4n) is 2.72. The van der Waals surface area contributed by atoms with Crippen LogP contribution in [0.25, 0.3) is 0 Å². The third-order valence-electron chi connectivity index (χ3n) is 3.76. The minimum absolute atomic E-state index is 0.322. The van der Waals surface area contributed by atoms with Crippen LogP contribution in [0.3, 0.4) is 0 Å². The van der Waals surface area contributed by atoms with Crippen molar-refractivity contribution in [1.29, 1.82) is 0 Å². The topological polar surface area (TPSA) is 70.1 Å². The number of carbonyl (C=O) groups is 1. The first-order chi connectivity index (χ1) is 10.2. The normalized spacial score (nSPS) is 16.1. The number of anilines is 1. The Balaban J connectivity index is 2.30. The van der Waals surface area contributed by atoms with E-state index >= 15 is 0 Å². The molecule has 0 saturated heterocycles. The molecule has 0 radical (unpaired) electrons. The van der Waals surface area contributed by atoms with Crippen LogP contribution < -0.4 is 5.73 Å². The van der Waals surface area contributed by atoms with Gasteiger partial charge >= 0.3 is 5.97 Å². The van der Waals surface area contributed by atoms with E-state index in [1.165, 1.54) is 19.3 Å². The molecule has 118 valence electrons. The zero-order chi connectivity index (χ0) is 15.2. The molecule has 21 heavy (non-hydrogen) atoms. The SMILES string of the molecule is CCCSc1nn(C2CCCCC2)c(N)c1C(=O)OCC. The molecule has 1 aliphatic rings. The molecule has 0 atom stereocenters. The molecular formula is C15H25N3O2S. The fourth-order valence-corrected chi connectivity index (χ4v) is 3.60. The molecule has 0 spiro atoms. The number of ether oxygens (including phenoxy) is 1. The highest BCUT2D eigenvalue weighted by Gasteiger charge is 2.27. The van der Waals surface area contributed by atoms with E-state index in [1.807, 2.05) is 4.68 Å². The highest BCUT2D eigenvalue weighted by atomic mass is 32.2. The van der Waals surface area contributed by atoms with Crippen LogP contribution in [0.1, 0.15) is 68.8 Å². The Labute approximate surface area is 130 Å². The molecule has 6 heteroatoms. The molecule has 2 rings (SSSR count). The second kappa shape index (κ2) is 7.73. The molecule has 1 aromatic rings. The zero-order valence-corrected chi connectivity index (χ0v) is 13.7. The van der Waals surface area contributed by atoms with Crippen molar-refractivity contribution in [3.63, 3.8) is 0 Å². The summed E-state index contributed by atoms with van der Waals surface area (Å²) in [7, 11) is 0. The van der Waals surface area contributed by atoms with Crippen molar-refractivity contribution >= 4 is 23.5 Å². The van der Waals surface area contributed by atoms with Crippen LogP contribution in [0, 0.1) is 0 Å². The Morgan fingerprint density at radius 1 is 1.38 bits per heavy atom. The number of nitrogens with two attached hydrogens (primary N) is 1. The average molecular weight is 311 g/mol. The molecule has 0 aromatic carbocycles. The Kier molecular flexibility index (Phi) is 5.96. The van der Waals surface area contributed by atoms with Gasteiger partial charge in [0.15, 0.2) is 0 Å². The summed E-state index contributed by atoms with van der Waals surface area (Å²) >= 11 is 1.59. The van der Waals surface area contributed by atoms with E-state index in [1.54, 1.807) is 18.7 Å². The lowest BCUT2D eigenvalue weighted by atomic mass is 9.96. The maximum Gasteiger partial charge on any atom is 0.344 e. The summed E-state index contributed by atoms with van der Waals surface area (Å²) in [5, 5.41) is 5.35. The first-order valence-corrected chi connectivity index (χ1v) is 8.85. The minimum Gasteiger partial charge on any atom is -0.462 e. The number of thioether (sulfide) groups is 1. The second-order valence-electron chi connectivity index (χ2n) is 5.37. The van der Waals surface area contributed by atoms with Gasteiger partial charge in [-0.05, 0) is 31.9 Å². The Hall–Kier alpha value is -1.17. The number of hydrogen-bond donors (Lipinski definition) is 1. The van der Waals surface area contributed by atoms with Gasteiger partial charge in [-0.3, -0.25) is 0 Å². The van der Waals surface area contributed by atoms with Crippen LogP contribution in [0.15, 0.2) is 5.03 Å². The molecule has 1 aromatic heterocycles. The van der Waals surface area contributed by atoms with Crippen LogP contribution in [-0.2, 0) is 4.74 Å². The number of nitrogens with zero attached hydrogens (tertiary/aromatic N) is 2. The van der Waals surface area contributed by atoms with E-state index in [2.05, 4.69) is 12.0 Å². The summed E-state index contributed by atoms with van der Waals surface area (Å²) in [5.41, 5.74) is 6.68. The lowest BCUT2D eigenvalue weighted by Crippen LogP contribution is -2.17. The molecule has 1 aliphatic carbocycles. The maximum absolute atomic E-state index is 12.2. The molecule has 5 nitrogen and oxygen atoms in total. The average Bonchev–Trinajstić information content (AvgIpc) is 2.83. The van der Waals surface area contributed by atoms with Crippen molar-refractivity contribution in [3.05, 3.63) is 5.56 Å². The van der Waals surface area contributed by atoms with Crippen molar-refractivity contribution in [2.45, 2.75) is 63.4 Å². The number of esters is 1. The maximum atomic E-state index is 12.2. The van der Waals surface area contributed by atoms with Gasteiger partial charge in [0.05, 0.1) is 12.6 Å². The molecule has 1 heterocycles. The Morgan fingerprint density at radius 2 is 2.10 bits per heavy atom. The van der Waals surface area contributed by atoms with Crippen molar-refractivity contribution in [1.82, 2.24) is 9.78 Å². The number of aromatic nitrogens is 2. The van der Waals surface area contributed by atoms with Gasteiger partial charge in [0.2, 0.25) is 0 Å². The van der Waals surface area contributed by atoms with Crippen molar-refractivity contribution in [2.75, 3.05) is 18.1 Å². The summed E-state index contributed by atoms with van der Waals surface area (Å²) in [6, 6.07) is 0.322. The quantitative estimate of drug-likeness (QED) is 0.641. The van der Waals surface area contributed by atoms with Gasteiger partial charge in [-0.1, -0.05) is 26.2 Å². The summed E-state index contributed by atoms with van der Waals surface area (Å²) in [5.74, 6) is 1.04. The summed E-state index contributed by atoms with van der Waals surface area (Å²) in [6.45, 7) is 4.27. The largest absolute Gasteiger partial charge is 0.462 e. The third kappa shape index (κ3) is 3.73. The fraction of sp³-hybridized carbons (Fsp3) is 0.733. The highest BCUT2D eigenvalue weighted by molar-refractivity contribution is 7.99. The van der Waals surface area contributed by atoms with Gasteiger partial charge in [0, 0.05) is 0 Å². The molecule has 2 N–H and O–H groups in total. The summed E-state index contributed by atoms with van der Waals surface area (Å²) < 4.78 is 7.01. The zero-order valence-electron chi connectivity index (χ0n) is 12.9. The van der Waals surface area contributed by atoms with Crippen LogP contribution in [0.2, 0.25) is 0 Å².